The van der Waals surface area contributed by atoms with E-state index in [9.17, 15) is 20.1 Å². The second kappa shape index (κ2) is 8.73. The smallest absolute Gasteiger partial charge is 0.338 e. The predicted molar refractivity (Wildman–Crippen MR) is 124 cm³/mol. The van der Waals surface area contributed by atoms with Crippen molar-refractivity contribution in [3.05, 3.63) is 35.5 Å². The zero-order valence-electron chi connectivity index (χ0n) is 19.8. The lowest BCUT2D eigenvalue weighted by Gasteiger charge is -2.44. The van der Waals surface area contributed by atoms with Crippen LogP contribution in [-0.4, -0.2) is 45.2 Å². The molecule has 178 valence electrons. The van der Waals surface area contributed by atoms with Crippen molar-refractivity contribution in [2.24, 2.45) is 23.2 Å². The van der Waals surface area contributed by atoms with Crippen LogP contribution in [0, 0.1) is 23.2 Å². The van der Waals surface area contributed by atoms with Crippen LogP contribution < -0.4 is 0 Å². The van der Waals surface area contributed by atoms with E-state index >= 15 is 0 Å². The normalized spacial score (nSPS) is 45.9. The highest BCUT2D eigenvalue weighted by atomic mass is 16.6. The van der Waals surface area contributed by atoms with Crippen LogP contribution in [0.2, 0.25) is 0 Å². The highest BCUT2D eigenvalue weighted by Gasteiger charge is 2.52. The first-order valence-corrected chi connectivity index (χ1v) is 12.4. The number of esters is 1. The van der Waals surface area contributed by atoms with Gasteiger partial charge in [-0.25, -0.2) is 4.79 Å². The number of fused-ring (bicyclic) bond motifs is 1. The van der Waals surface area contributed by atoms with E-state index < -0.39 is 23.8 Å². The molecule has 1 aliphatic heterocycles. The fourth-order valence-electron chi connectivity index (χ4n) is 7.24. The van der Waals surface area contributed by atoms with Gasteiger partial charge in [-0.05, 0) is 86.2 Å². The molecule has 0 radical (unpaired) electrons. The van der Waals surface area contributed by atoms with Crippen molar-refractivity contribution < 1.29 is 24.9 Å². The number of carbonyl (C=O) groups is 1. The van der Waals surface area contributed by atoms with Gasteiger partial charge in [0.2, 0.25) is 0 Å². The van der Waals surface area contributed by atoms with Crippen LogP contribution >= 0.6 is 0 Å². The molecule has 8 atom stereocenters. The zero-order chi connectivity index (χ0) is 23.3. The van der Waals surface area contributed by atoms with E-state index in [0.29, 0.717) is 37.0 Å². The maximum atomic E-state index is 11.9. The van der Waals surface area contributed by atoms with Crippen molar-refractivity contribution in [2.75, 3.05) is 0 Å². The summed E-state index contributed by atoms with van der Waals surface area (Å²) in [6.45, 7) is 10.3. The van der Waals surface area contributed by atoms with Gasteiger partial charge in [0, 0.05) is 12.8 Å². The van der Waals surface area contributed by atoms with E-state index in [4.69, 9.17) is 4.74 Å². The average molecular weight is 445 g/mol. The van der Waals surface area contributed by atoms with Crippen LogP contribution in [0.3, 0.4) is 0 Å². The Morgan fingerprint density at radius 3 is 2.69 bits per heavy atom. The van der Waals surface area contributed by atoms with Crippen LogP contribution in [0.25, 0.3) is 0 Å². The third-order valence-corrected chi connectivity index (χ3v) is 8.96. The number of cyclic esters (lactones) is 1. The molecule has 0 spiro atoms. The second-order valence-corrected chi connectivity index (χ2v) is 11.4. The molecule has 1 saturated heterocycles. The molecule has 32 heavy (non-hydrogen) atoms. The van der Waals surface area contributed by atoms with E-state index in [2.05, 4.69) is 32.6 Å². The molecule has 0 bridgehead atoms. The van der Waals surface area contributed by atoms with Crippen molar-refractivity contribution in [3.63, 3.8) is 0 Å². The quantitative estimate of drug-likeness (QED) is 0.565. The summed E-state index contributed by atoms with van der Waals surface area (Å²) in [5, 5.41) is 30.4. The summed E-state index contributed by atoms with van der Waals surface area (Å²) >= 11 is 0. The Bertz CT molecular complexity index is 824. The van der Waals surface area contributed by atoms with Crippen molar-refractivity contribution in [1.29, 1.82) is 0 Å². The topological polar surface area (TPSA) is 87.0 Å². The van der Waals surface area contributed by atoms with Gasteiger partial charge >= 0.3 is 5.97 Å². The number of aliphatic hydroxyl groups excluding tert-OH is 2. The third-order valence-electron chi connectivity index (χ3n) is 8.96. The number of rotatable bonds is 4. The number of allylic oxidation sites excluding steroid dienone is 3. The minimum Gasteiger partial charge on any atom is -0.460 e. The van der Waals surface area contributed by atoms with Gasteiger partial charge in [-0.15, -0.1) is 0 Å². The Kier molecular flexibility index (Phi) is 6.47. The summed E-state index contributed by atoms with van der Waals surface area (Å²) in [7, 11) is 0. The van der Waals surface area contributed by atoms with Crippen molar-refractivity contribution in [2.45, 2.75) is 102 Å². The third kappa shape index (κ3) is 4.36. The number of ether oxygens (including phenoxy) is 1. The van der Waals surface area contributed by atoms with E-state index in [-0.39, 0.29) is 11.5 Å². The number of hydrogen-bond acceptors (Lipinski definition) is 5. The van der Waals surface area contributed by atoms with Crippen LogP contribution in [0.1, 0.15) is 78.6 Å². The molecule has 0 aromatic carbocycles. The Morgan fingerprint density at radius 1 is 1.25 bits per heavy atom. The minimum absolute atomic E-state index is 0.186. The maximum Gasteiger partial charge on any atom is 0.338 e. The largest absolute Gasteiger partial charge is 0.460 e. The molecule has 0 unspecified atom stereocenters. The Morgan fingerprint density at radius 2 is 2.00 bits per heavy atom. The molecular weight excluding hydrogens is 404 g/mol. The van der Waals surface area contributed by atoms with Gasteiger partial charge in [-0.3, -0.25) is 0 Å². The first kappa shape index (κ1) is 23.7. The van der Waals surface area contributed by atoms with Gasteiger partial charge < -0.3 is 20.1 Å². The monoisotopic (exact) mass is 444 g/mol. The number of carbonyl (C=O) groups excluding carboxylic acids is 1. The van der Waals surface area contributed by atoms with Crippen LogP contribution in [-0.2, 0) is 9.53 Å². The van der Waals surface area contributed by atoms with Gasteiger partial charge in [-0.2, -0.15) is 0 Å². The van der Waals surface area contributed by atoms with E-state index in [1.165, 1.54) is 31.3 Å². The lowest BCUT2D eigenvalue weighted by atomic mass is 9.60. The molecule has 1 heterocycles. The Labute approximate surface area is 192 Å². The van der Waals surface area contributed by atoms with Crippen LogP contribution in [0.4, 0.5) is 0 Å². The minimum atomic E-state index is -1.34. The lowest BCUT2D eigenvalue weighted by molar-refractivity contribution is -0.154. The van der Waals surface area contributed by atoms with Gasteiger partial charge in [0.25, 0.3) is 0 Å². The molecule has 4 aliphatic rings. The fourth-order valence-corrected chi connectivity index (χ4v) is 7.24. The van der Waals surface area contributed by atoms with Crippen molar-refractivity contribution in [3.8, 4) is 0 Å². The second-order valence-electron chi connectivity index (χ2n) is 11.4. The van der Waals surface area contributed by atoms with Crippen LogP contribution in [0.5, 0.6) is 0 Å². The summed E-state index contributed by atoms with van der Waals surface area (Å²) in [5.41, 5.74) is 2.08. The summed E-state index contributed by atoms with van der Waals surface area (Å²) in [6, 6.07) is 0. The van der Waals surface area contributed by atoms with Gasteiger partial charge in [0.15, 0.2) is 5.60 Å². The molecule has 3 saturated carbocycles. The predicted octanol–water partition coefficient (Wildman–Crippen LogP) is 4.22. The first-order chi connectivity index (χ1) is 15.0. The fraction of sp³-hybridized carbons (Fsp3) is 0.741. The molecule has 0 amide bonds. The van der Waals surface area contributed by atoms with E-state index in [0.717, 1.165) is 24.0 Å². The molecule has 4 fully saturated rings. The number of aliphatic hydroxyl groups is 3. The molecule has 0 aromatic rings. The lowest BCUT2D eigenvalue weighted by Crippen LogP contribution is -2.36. The highest BCUT2D eigenvalue weighted by molar-refractivity contribution is 5.80. The molecule has 3 N–H and O–H groups in total. The standard InChI is InChI=1S/C27H40O5/c1-16(12-21-15-27(4,31)25(30)32-21)22-9-10-23-18(6-5-11-26(22,23)3)7-8-19-13-20(28)14-24(29)17(19)2/h7-8,16,20-24,28-29,31H,2,5-6,9-15H2,1,3-4H3/b18-7+,19-8-/t16-,20-,21+,22-,23+,24+,26-,27+/m1/s1. The van der Waals surface area contributed by atoms with Gasteiger partial charge in [0.05, 0.1) is 12.2 Å². The van der Waals surface area contributed by atoms with Gasteiger partial charge in [-0.1, -0.05) is 38.2 Å². The SMILES string of the molecule is C=C1/C(=C\C=C2/CCC[C@]3(C)[C@@H]([C@H](C)C[C@H]4C[C@](C)(O)C(=O)O4)CC[C@@H]23)C[C@@H](O)C[C@@H]1O. The van der Waals surface area contributed by atoms with Crippen molar-refractivity contribution in [1.82, 2.24) is 0 Å². The van der Waals surface area contributed by atoms with E-state index in [1.807, 2.05) is 0 Å². The summed E-state index contributed by atoms with van der Waals surface area (Å²) < 4.78 is 5.47. The maximum absolute atomic E-state index is 11.9. The molecule has 5 heteroatoms. The summed E-state index contributed by atoms with van der Waals surface area (Å²) in [4.78, 5) is 11.9. The molecule has 4 rings (SSSR count). The van der Waals surface area contributed by atoms with Gasteiger partial charge in [0.1, 0.15) is 6.10 Å². The molecule has 5 nitrogen and oxygen atoms in total. The molecule has 3 aliphatic carbocycles. The zero-order valence-corrected chi connectivity index (χ0v) is 19.8. The summed E-state index contributed by atoms with van der Waals surface area (Å²) in [5.74, 6) is 1.06. The molecule has 0 aromatic heterocycles. The molecular formula is C27H40O5. The average Bonchev–Trinajstić information content (AvgIpc) is 3.18. The highest BCUT2D eigenvalue weighted by Crippen LogP contribution is 2.60. The summed E-state index contributed by atoms with van der Waals surface area (Å²) in [6.07, 6.45) is 11.0. The van der Waals surface area contributed by atoms with E-state index in [1.54, 1.807) is 6.92 Å². The Balaban J connectivity index is 1.47. The van der Waals surface area contributed by atoms with Crippen LogP contribution in [0.15, 0.2) is 35.5 Å². The Hall–Kier alpha value is -1.43. The number of hydrogen-bond donors (Lipinski definition) is 3. The van der Waals surface area contributed by atoms with Crippen molar-refractivity contribution >= 4 is 5.97 Å². The first-order valence-electron chi connectivity index (χ1n) is 12.4.